The summed E-state index contributed by atoms with van der Waals surface area (Å²) >= 11 is 12.2. The Morgan fingerprint density at radius 3 is 2.52 bits per heavy atom. The van der Waals surface area contributed by atoms with Crippen LogP contribution in [0.2, 0.25) is 10.0 Å². The third-order valence-corrected chi connectivity index (χ3v) is 4.07. The number of hydrogen-bond donors (Lipinski definition) is 1. The van der Waals surface area contributed by atoms with Gasteiger partial charge in [-0.1, -0.05) is 41.4 Å². The lowest BCUT2D eigenvalue weighted by molar-refractivity contribution is -0.115. The van der Waals surface area contributed by atoms with Crippen LogP contribution in [0.25, 0.3) is 5.69 Å². The van der Waals surface area contributed by atoms with E-state index in [1.807, 2.05) is 35.0 Å². The molecule has 2 aromatic carbocycles. The highest BCUT2D eigenvalue weighted by Gasteiger charge is 2.12. The van der Waals surface area contributed by atoms with Crippen molar-refractivity contribution in [2.75, 3.05) is 5.32 Å². The molecule has 0 aliphatic carbocycles. The Labute approximate surface area is 143 Å². The maximum atomic E-state index is 12.4. The number of rotatable bonds is 4. The Balaban J connectivity index is 1.82. The molecule has 1 amide bonds. The summed E-state index contributed by atoms with van der Waals surface area (Å²) in [5, 5.41) is 3.86. The van der Waals surface area contributed by atoms with Gasteiger partial charge in [0.1, 0.15) is 0 Å². The van der Waals surface area contributed by atoms with E-state index in [-0.39, 0.29) is 12.3 Å². The van der Waals surface area contributed by atoms with E-state index in [0.717, 1.165) is 5.69 Å². The molecule has 1 N–H and O–H groups in total. The molecular weight excluding hydrogens is 333 g/mol. The number of hydrogen-bond acceptors (Lipinski definition) is 2. The van der Waals surface area contributed by atoms with Crippen LogP contribution in [0.15, 0.2) is 61.2 Å². The van der Waals surface area contributed by atoms with E-state index in [1.165, 1.54) is 0 Å². The van der Waals surface area contributed by atoms with E-state index < -0.39 is 0 Å². The van der Waals surface area contributed by atoms with Crippen LogP contribution >= 0.6 is 23.2 Å². The average molecular weight is 346 g/mol. The standard InChI is InChI=1S/C17H13Cl2N3O/c18-13-4-3-5-14(19)12(13)10-17(23)21-15-6-1-2-7-16(15)22-9-8-20-11-22/h1-9,11H,10H2,(H,21,23). The molecule has 1 aromatic heterocycles. The lowest BCUT2D eigenvalue weighted by Gasteiger charge is -2.12. The van der Waals surface area contributed by atoms with Gasteiger partial charge in [0, 0.05) is 22.4 Å². The van der Waals surface area contributed by atoms with Crippen LogP contribution in [-0.4, -0.2) is 15.5 Å². The highest BCUT2D eigenvalue weighted by atomic mass is 35.5. The Morgan fingerprint density at radius 2 is 1.83 bits per heavy atom. The number of nitrogens with zero attached hydrogens (tertiary/aromatic N) is 2. The Morgan fingerprint density at radius 1 is 1.09 bits per heavy atom. The molecule has 3 aromatic rings. The smallest absolute Gasteiger partial charge is 0.228 e. The minimum absolute atomic E-state index is 0.108. The summed E-state index contributed by atoms with van der Waals surface area (Å²) in [5.41, 5.74) is 2.15. The first kappa shape index (κ1) is 15.6. The molecule has 1 heterocycles. The lowest BCUT2D eigenvalue weighted by atomic mass is 10.1. The van der Waals surface area contributed by atoms with E-state index in [9.17, 15) is 4.79 Å². The second-order valence-corrected chi connectivity index (χ2v) is 5.73. The summed E-state index contributed by atoms with van der Waals surface area (Å²) in [6.07, 6.45) is 5.28. The fourth-order valence-electron chi connectivity index (χ4n) is 2.26. The van der Waals surface area contributed by atoms with Crippen molar-refractivity contribution >= 4 is 34.8 Å². The van der Waals surface area contributed by atoms with Crippen LogP contribution in [-0.2, 0) is 11.2 Å². The molecule has 0 atom stereocenters. The number of anilines is 1. The van der Waals surface area contributed by atoms with Crippen molar-refractivity contribution in [2.45, 2.75) is 6.42 Å². The van der Waals surface area contributed by atoms with Crippen molar-refractivity contribution < 1.29 is 4.79 Å². The molecule has 0 aliphatic rings. The summed E-state index contributed by atoms with van der Waals surface area (Å²) in [4.78, 5) is 16.4. The predicted molar refractivity (Wildman–Crippen MR) is 92.4 cm³/mol. The van der Waals surface area contributed by atoms with Crippen LogP contribution in [0, 0.1) is 0 Å². The topological polar surface area (TPSA) is 46.9 Å². The van der Waals surface area contributed by atoms with Crippen molar-refractivity contribution in [1.29, 1.82) is 0 Å². The van der Waals surface area contributed by atoms with Crippen molar-refractivity contribution in [3.63, 3.8) is 0 Å². The van der Waals surface area contributed by atoms with Gasteiger partial charge in [-0.15, -0.1) is 0 Å². The van der Waals surface area contributed by atoms with E-state index in [4.69, 9.17) is 23.2 Å². The van der Waals surface area contributed by atoms with Crippen LogP contribution in [0.3, 0.4) is 0 Å². The second-order valence-electron chi connectivity index (χ2n) is 4.91. The monoisotopic (exact) mass is 345 g/mol. The summed E-state index contributed by atoms with van der Waals surface area (Å²) in [6, 6.07) is 12.7. The number of para-hydroxylation sites is 2. The summed E-state index contributed by atoms with van der Waals surface area (Å²) in [6.45, 7) is 0. The Kier molecular flexibility index (Phi) is 4.65. The van der Waals surface area contributed by atoms with Crippen LogP contribution in [0.1, 0.15) is 5.56 Å². The molecule has 3 rings (SSSR count). The average Bonchev–Trinajstić information content (AvgIpc) is 3.06. The van der Waals surface area contributed by atoms with Crippen molar-refractivity contribution in [3.8, 4) is 5.69 Å². The molecule has 4 nitrogen and oxygen atoms in total. The van der Waals surface area contributed by atoms with Crippen molar-refractivity contribution in [2.24, 2.45) is 0 Å². The van der Waals surface area contributed by atoms with Gasteiger partial charge in [0.15, 0.2) is 0 Å². The van der Waals surface area contributed by atoms with Gasteiger partial charge in [-0.05, 0) is 29.8 Å². The van der Waals surface area contributed by atoms with Gasteiger partial charge in [0.05, 0.1) is 24.1 Å². The molecule has 0 unspecified atom stereocenters. The Bertz CT molecular complexity index is 811. The van der Waals surface area contributed by atoms with Gasteiger partial charge in [0.25, 0.3) is 0 Å². The summed E-state index contributed by atoms with van der Waals surface area (Å²) in [5.74, 6) is -0.187. The maximum Gasteiger partial charge on any atom is 0.228 e. The molecule has 6 heteroatoms. The first-order valence-corrected chi connectivity index (χ1v) is 7.71. The number of halogens is 2. The van der Waals surface area contributed by atoms with Crippen molar-refractivity contribution in [3.05, 3.63) is 76.8 Å². The van der Waals surface area contributed by atoms with Gasteiger partial charge in [-0.3, -0.25) is 4.79 Å². The van der Waals surface area contributed by atoms with Gasteiger partial charge >= 0.3 is 0 Å². The quantitative estimate of drug-likeness (QED) is 0.763. The number of amides is 1. The SMILES string of the molecule is O=C(Cc1c(Cl)cccc1Cl)Nc1ccccc1-n1ccnc1. The van der Waals surface area contributed by atoms with Gasteiger partial charge in [0.2, 0.25) is 5.91 Å². The first-order chi connectivity index (χ1) is 11.1. The molecule has 0 bridgehead atoms. The number of nitrogens with one attached hydrogen (secondary N) is 1. The zero-order chi connectivity index (χ0) is 16.2. The zero-order valence-electron chi connectivity index (χ0n) is 12.0. The van der Waals surface area contributed by atoms with Crippen LogP contribution in [0.4, 0.5) is 5.69 Å². The number of carbonyl (C=O) groups is 1. The molecule has 0 aliphatic heterocycles. The lowest BCUT2D eigenvalue weighted by Crippen LogP contribution is -2.16. The number of aromatic nitrogens is 2. The number of benzene rings is 2. The normalized spacial score (nSPS) is 10.5. The number of imidazole rings is 1. The fraction of sp³-hybridized carbons (Fsp3) is 0.0588. The second kappa shape index (κ2) is 6.86. The molecule has 0 saturated heterocycles. The first-order valence-electron chi connectivity index (χ1n) is 6.95. The molecule has 0 fully saturated rings. The highest BCUT2D eigenvalue weighted by Crippen LogP contribution is 2.26. The predicted octanol–water partition coefficient (Wildman–Crippen LogP) is 4.36. The maximum absolute atomic E-state index is 12.4. The van der Waals surface area contributed by atoms with Gasteiger partial charge in [-0.25, -0.2) is 4.98 Å². The molecular formula is C17H13Cl2N3O. The van der Waals surface area contributed by atoms with Gasteiger partial charge < -0.3 is 9.88 Å². The summed E-state index contributed by atoms with van der Waals surface area (Å²) < 4.78 is 1.83. The van der Waals surface area contributed by atoms with E-state index >= 15 is 0 Å². The summed E-state index contributed by atoms with van der Waals surface area (Å²) in [7, 11) is 0. The zero-order valence-corrected chi connectivity index (χ0v) is 13.6. The van der Waals surface area contributed by atoms with Crippen molar-refractivity contribution in [1.82, 2.24) is 9.55 Å². The fourth-order valence-corrected chi connectivity index (χ4v) is 2.79. The van der Waals surface area contributed by atoms with E-state index in [1.54, 1.807) is 30.7 Å². The van der Waals surface area contributed by atoms with Crippen LogP contribution < -0.4 is 5.32 Å². The third-order valence-electron chi connectivity index (χ3n) is 3.36. The minimum atomic E-state index is -0.187. The van der Waals surface area contributed by atoms with Gasteiger partial charge in [-0.2, -0.15) is 0 Å². The number of carbonyl (C=O) groups excluding carboxylic acids is 1. The molecule has 23 heavy (non-hydrogen) atoms. The molecule has 0 saturated carbocycles. The minimum Gasteiger partial charge on any atom is -0.324 e. The van der Waals surface area contributed by atoms with E-state index in [2.05, 4.69) is 10.3 Å². The molecule has 0 radical (unpaired) electrons. The Hall–Kier alpha value is -2.30. The van der Waals surface area contributed by atoms with Crippen LogP contribution in [0.5, 0.6) is 0 Å². The largest absolute Gasteiger partial charge is 0.324 e. The molecule has 0 spiro atoms. The van der Waals surface area contributed by atoms with E-state index in [0.29, 0.717) is 21.3 Å². The highest BCUT2D eigenvalue weighted by molar-refractivity contribution is 6.36. The third kappa shape index (κ3) is 3.55. The molecule has 116 valence electrons.